The Labute approximate surface area is 238 Å². The Balaban J connectivity index is 1.35. The molecule has 1 N–H and O–H groups in total. The van der Waals surface area contributed by atoms with E-state index in [0.29, 0.717) is 18.8 Å². The monoisotopic (exact) mass is 554 g/mol. The van der Waals surface area contributed by atoms with Crippen molar-refractivity contribution in [3.63, 3.8) is 0 Å². The number of esters is 1. The summed E-state index contributed by atoms with van der Waals surface area (Å²) in [6.07, 6.45) is 10.9. The Kier molecular flexibility index (Phi) is 6.99. The smallest absolute Gasteiger partial charge is 0.308 e. The first-order valence-electron chi connectivity index (χ1n) is 15.6. The Hall–Kier alpha value is -1.83. The highest BCUT2D eigenvalue weighted by molar-refractivity contribution is 6.01. The van der Waals surface area contributed by atoms with Crippen LogP contribution in [0.5, 0.6) is 0 Å². The van der Waals surface area contributed by atoms with Gasteiger partial charge in [0.25, 0.3) is 0 Å². The maximum atomic E-state index is 14.3. The van der Waals surface area contributed by atoms with Gasteiger partial charge in [0.05, 0.1) is 18.1 Å². The molecule has 7 heteroatoms. The second kappa shape index (κ2) is 9.88. The number of hydrogen-bond acceptors (Lipinski definition) is 7. The number of hydrogen-bond donors (Lipinski definition) is 1. The first-order chi connectivity index (χ1) is 18.9. The van der Waals surface area contributed by atoms with Crippen molar-refractivity contribution in [2.45, 2.75) is 110 Å². The molecule has 0 aromatic rings. The number of carbonyl (C=O) groups is 3. The Morgan fingerprint density at radius 3 is 2.67 bits per heavy atom. The van der Waals surface area contributed by atoms with Gasteiger partial charge >= 0.3 is 5.97 Å². The molecule has 3 unspecified atom stereocenters. The topological polar surface area (TPSA) is 99.1 Å². The Morgan fingerprint density at radius 1 is 1.18 bits per heavy atom. The lowest BCUT2D eigenvalue weighted by Gasteiger charge is -2.59. The van der Waals surface area contributed by atoms with Crippen molar-refractivity contribution in [1.82, 2.24) is 0 Å². The largest absolute Gasteiger partial charge is 0.457 e. The van der Waals surface area contributed by atoms with Gasteiger partial charge in [-0.15, -0.1) is 0 Å². The molecular weight excluding hydrogens is 508 g/mol. The molecule has 0 bridgehead atoms. The van der Waals surface area contributed by atoms with E-state index >= 15 is 0 Å². The summed E-state index contributed by atoms with van der Waals surface area (Å²) in [7, 11) is 0. The summed E-state index contributed by atoms with van der Waals surface area (Å²) in [6, 6.07) is 0. The second-order valence-corrected chi connectivity index (χ2v) is 14.5. The molecule has 5 fully saturated rings. The molecule has 0 aromatic heterocycles. The molecule has 0 amide bonds. The number of ketones is 2. The van der Waals surface area contributed by atoms with Crippen LogP contribution in [-0.2, 0) is 28.6 Å². The quantitative estimate of drug-likeness (QED) is 0.480. The molecule has 11 atom stereocenters. The molecular formula is C33H46O7. The standard InChI is InChI=1S/C33H46O7/c1-18(2)29(37)38-17-26(36)33-27(39-30(40-33)20-8-6-7-19(3)13-20)15-24-23-10-9-21-14-22(34)11-12-31(21,4)28(23)25(35)16-32(24,33)5/h11-12,14,18-20,23-25,27-28,30,35H,6-10,13,15-17H2,1-5H3/t19?,20?,23-,24-,25-,27+,28+,30?,31-,32-,33+/m0/s1. The van der Waals surface area contributed by atoms with Crippen molar-refractivity contribution in [2.24, 2.45) is 46.3 Å². The van der Waals surface area contributed by atoms with Gasteiger partial charge in [0.1, 0.15) is 0 Å². The molecule has 220 valence electrons. The number of carbonyl (C=O) groups excluding carboxylic acids is 3. The minimum Gasteiger partial charge on any atom is -0.457 e. The van der Waals surface area contributed by atoms with Crippen molar-refractivity contribution >= 4 is 17.5 Å². The van der Waals surface area contributed by atoms with Gasteiger partial charge in [-0.05, 0) is 68.4 Å². The van der Waals surface area contributed by atoms with Crippen LogP contribution in [0.3, 0.4) is 0 Å². The van der Waals surface area contributed by atoms with Crippen molar-refractivity contribution in [3.05, 3.63) is 23.8 Å². The van der Waals surface area contributed by atoms with Crippen molar-refractivity contribution in [3.8, 4) is 0 Å². The highest BCUT2D eigenvalue weighted by Crippen LogP contribution is 2.70. The highest BCUT2D eigenvalue weighted by Gasteiger charge is 2.76. The lowest BCUT2D eigenvalue weighted by molar-refractivity contribution is -0.211. The third-order valence-corrected chi connectivity index (χ3v) is 11.8. The van der Waals surface area contributed by atoms with E-state index in [-0.39, 0.29) is 53.2 Å². The van der Waals surface area contributed by atoms with Gasteiger partial charge in [0.15, 0.2) is 24.3 Å². The van der Waals surface area contributed by atoms with Crippen LogP contribution in [0.2, 0.25) is 0 Å². The van der Waals surface area contributed by atoms with Crippen LogP contribution in [0.15, 0.2) is 23.8 Å². The van der Waals surface area contributed by atoms with Crippen molar-refractivity contribution in [1.29, 1.82) is 0 Å². The van der Waals surface area contributed by atoms with Crippen LogP contribution in [-0.4, -0.2) is 53.3 Å². The highest BCUT2D eigenvalue weighted by atomic mass is 16.7. The van der Waals surface area contributed by atoms with Gasteiger partial charge < -0.3 is 19.3 Å². The van der Waals surface area contributed by atoms with E-state index in [2.05, 4.69) is 20.8 Å². The zero-order chi connectivity index (χ0) is 28.6. The maximum Gasteiger partial charge on any atom is 0.308 e. The SMILES string of the molecule is CC1CCCC(C2O[C@@H]3C[C@H]4[C@@H]5CCC6=CC(=O)C=C[C@]6(C)[C@H]5[C@@H](O)C[C@]4(C)[C@]3(C(=O)COC(=O)C(C)C)O2)C1. The first-order valence-corrected chi connectivity index (χ1v) is 15.6. The number of aliphatic hydroxyl groups is 1. The number of Topliss-reactive ketones (excluding diaryl/α,β-unsaturated/α-hetero) is 1. The fourth-order valence-electron chi connectivity index (χ4n) is 9.94. The minimum atomic E-state index is -1.26. The van der Waals surface area contributed by atoms with Gasteiger partial charge in [-0.3, -0.25) is 14.4 Å². The zero-order valence-corrected chi connectivity index (χ0v) is 24.7. The fourth-order valence-corrected chi connectivity index (χ4v) is 9.94. The third-order valence-electron chi connectivity index (χ3n) is 11.8. The number of aliphatic hydroxyl groups excluding tert-OH is 1. The average molecular weight is 555 g/mol. The van der Waals surface area contributed by atoms with E-state index in [1.165, 1.54) is 6.42 Å². The summed E-state index contributed by atoms with van der Waals surface area (Å²) in [5.74, 6) is 0.0744. The van der Waals surface area contributed by atoms with Crippen molar-refractivity contribution in [2.75, 3.05) is 6.61 Å². The van der Waals surface area contributed by atoms with Crippen LogP contribution in [0.1, 0.15) is 86.0 Å². The predicted molar refractivity (Wildman–Crippen MR) is 148 cm³/mol. The first kappa shape index (κ1) is 28.3. The van der Waals surface area contributed by atoms with E-state index in [0.717, 1.165) is 37.7 Å². The van der Waals surface area contributed by atoms with Crippen molar-refractivity contribution < 1.29 is 33.7 Å². The number of fused-ring (bicyclic) bond motifs is 7. The van der Waals surface area contributed by atoms with E-state index in [9.17, 15) is 19.5 Å². The molecule has 1 heterocycles. The van der Waals surface area contributed by atoms with E-state index in [1.807, 2.05) is 6.08 Å². The number of ether oxygens (including phenoxy) is 3. The van der Waals surface area contributed by atoms with E-state index in [1.54, 1.807) is 26.0 Å². The summed E-state index contributed by atoms with van der Waals surface area (Å²) in [6.45, 7) is 9.71. The molecule has 1 saturated heterocycles. The Morgan fingerprint density at radius 2 is 1.95 bits per heavy atom. The maximum absolute atomic E-state index is 14.3. The lowest BCUT2D eigenvalue weighted by atomic mass is 9.46. The zero-order valence-electron chi connectivity index (χ0n) is 24.7. The molecule has 1 aliphatic heterocycles. The Bertz CT molecular complexity index is 1140. The van der Waals surface area contributed by atoms with Crippen LogP contribution >= 0.6 is 0 Å². The molecule has 0 aromatic carbocycles. The van der Waals surface area contributed by atoms with Crippen LogP contribution in [0.4, 0.5) is 0 Å². The summed E-state index contributed by atoms with van der Waals surface area (Å²) in [4.78, 5) is 38.9. The van der Waals surface area contributed by atoms with Crippen LogP contribution < -0.4 is 0 Å². The lowest BCUT2D eigenvalue weighted by Crippen LogP contribution is -2.63. The summed E-state index contributed by atoms with van der Waals surface area (Å²) < 4.78 is 19.2. The normalized spacial score (nSPS) is 47.7. The molecule has 0 radical (unpaired) electrons. The predicted octanol–water partition coefficient (Wildman–Crippen LogP) is 4.95. The summed E-state index contributed by atoms with van der Waals surface area (Å²) in [5.41, 5.74) is -1.21. The van der Waals surface area contributed by atoms with Gasteiger partial charge in [-0.25, -0.2) is 0 Å². The summed E-state index contributed by atoms with van der Waals surface area (Å²) in [5, 5.41) is 11.9. The summed E-state index contributed by atoms with van der Waals surface area (Å²) >= 11 is 0. The molecule has 0 spiro atoms. The number of rotatable bonds is 5. The molecule has 4 saturated carbocycles. The molecule has 6 aliphatic rings. The van der Waals surface area contributed by atoms with E-state index < -0.39 is 35.5 Å². The molecule has 40 heavy (non-hydrogen) atoms. The van der Waals surface area contributed by atoms with Gasteiger partial charge in [-0.2, -0.15) is 0 Å². The van der Waals surface area contributed by atoms with Gasteiger partial charge in [0, 0.05) is 22.7 Å². The third kappa shape index (κ3) is 4.04. The average Bonchev–Trinajstić information content (AvgIpc) is 3.40. The van der Waals surface area contributed by atoms with Gasteiger partial charge in [0.2, 0.25) is 5.78 Å². The van der Waals surface area contributed by atoms with E-state index in [4.69, 9.17) is 14.2 Å². The van der Waals surface area contributed by atoms with Crippen LogP contribution in [0, 0.1) is 46.3 Å². The second-order valence-electron chi connectivity index (χ2n) is 14.5. The minimum absolute atomic E-state index is 0.0156. The fraction of sp³-hybridized carbons (Fsp3) is 0.788. The molecule has 7 nitrogen and oxygen atoms in total. The van der Waals surface area contributed by atoms with Crippen LogP contribution in [0.25, 0.3) is 0 Å². The molecule has 6 rings (SSSR count). The van der Waals surface area contributed by atoms with Gasteiger partial charge in [-0.1, -0.05) is 59.1 Å². The molecule has 5 aliphatic carbocycles. The number of allylic oxidation sites excluding steroid dienone is 4.